The maximum Gasteiger partial charge on any atom is 0.245 e. The van der Waals surface area contributed by atoms with E-state index < -0.39 is 0 Å². The topological polar surface area (TPSA) is 74.3 Å². The van der Waals surface area contributed by atoms with Gasteiger partial charge in [-0.2, -0.15) is 0 Å². The Kier molecular flexibility index (Phi) is 5.10. The van der Waals surface area contributed by atoms with Crippen molar-refractivity contribution in [3.8, 4) is 0 Å². The Labute approximate surface area is 182 Å². The van der Waals surface area contributed by atoms with E-state index in [4.69, 9.17) is 0 Å². The molecule has 2 aliphatic rings. The molecule has 2 aromatic heterocycles. The molecule has 2 N–H and O–H groups in total. The average molecular weight is 437 g/mol. The van der Waals surface area contributed by atoms with Crippen LogP contribution in [0.2, 0.25) is 0 Å². The van der Waals surface area contributed by atoms with Gasteiger partial charge in [0.1, 0.15) is 0 Å². The van der Waals surface area contributed by atoms with E-state index in [1.807, 2.05) is 52.1 Å². The third-order valence-corrected chi connectivity index (χ3v) is 6.96. The Balaban J connectivity index is 1.61. The van der Waals surface area contributed by atoms with Crippen molar-refractivity contribution in [2.24, 2.45) is 0 Å². The number of aromatic nitrogens is 1. The van der Waals surface area contributed by atoms with E-state index in [1.165, 1.54) is 11.3 Å². The molecule has 0 spiro atoms. The lowest BCUT2D eigenvalue weighted by Crippen LogP contribution is -2.38. The molecule has 0 bridgehead atoms. The van der Waals surface area contributed by atoms with E-state index in [2.05, 4.69) is 15.6 Å². The molecule has 1 amide bonds. The Morgan fingerprint density at radius 1 is 1.17 bits per heavy atom. The number of fused-ring (bicyclic) bond motifs is 1. The second kappa shape index (κ2) is 8.04. The van der Waals surface area contributed by atoms with Gasteiger partial charge >= 0.3 is 0 Å². The van der Waals surface area contributed by atoms with E-state index >= 15 is 0 Å². The molecule has 6 nitrogen and oxygen atoms in total. The van der Waals surface area contributed by atoms with Gasteiger partial charge in [-0.3, -0.25) is 9.59 Å². The molecule has 0 unspecified atom stereocenters. The molecule has 0 radical (unpaired) electrons. The van der Waals surface area contributed by atoms with Gasteiger partial charge in [0.2, 0.25) is 5.91 Å². The quantitative estimate of drug-likeness (QED) is 0.613. The molecule has 152 valence electrons. The summed E-state index contributed by atoms with van der Waals surface area (Å²) in [5, 5.41) is 10.8. The largest absolute Gasteiger partial charge is 0.357 e. The number of nitrogens with zero attached hydrogens (tertiary/aromatic N) is 2. The van der Waals surface area contributed by atoms with Crippen LogP contribution >= 0.6 is 22.7 Å². The van der Waals surface area contributed by atoms with Gasteiger partial charge in [0.05, 0.1) is 24.0 Å². The van der Waals surface area contributed by atoms with E-state index in [1.54, 1.807) is 17.5 Å². The van der Waals surface area contributed by atoms with Crippen LogP contribution in [0.15, 0.2) is 64.6 Å². The number of benzene rings is 1. The van der Waals surface area contributed by atoms with Crippen LogP contribution in [0.1, 0.15) is 30.2 Å². The van der Waals surface area contributed by atoms with E-state index in [0.29, 0.717) is 11.6 Å². The average Bonchev–Trinajstić information content (AvgIpc) is 3.42. The predicted molar refractivity (Wildman–Crippen MR) is 121 cm³/mol. The van der Waals surface area contributed by atoms with E-state index in [0.717, 1.165) is 40.4 Å². The van der Waals surface area contributed by atoms with Gasteiger partial charge in [0.15, 0.2) is 10.9 Å². The van der Waals surface area contributed by atoms with Crippen molar-refractivity contribution in [2.75, 3.05) is 22.1 Å². The second-order valence-electron chi connectivity index (χ2n) is 7.24. The van der Waals surface area contributed by atoms with Crippen molar-refractivity contribution < 1.29 is 9.59 Å². The zero-order valence-corrected chi connectivity index (χ0v) is 17.8. The molecule has 0 saturated heterocycles. The third-order valence-electron chi connectivity index (χ3n) is 5.35. The number of carbonyl (C=O) groups excluding carboxylic acids is 2. The first-order chi connectivity index (χ1) is 14.7. The molecule has 5 rings (SSSR count). The lowest BCUT2D eigenvalue weighted by Gasteiger charge is -2.34. The van der Waals surface area contributed by atoms with Crippen LogP contribution in [0.5, 0.6) is 0 Å². The van der Waals surface area contributed by atoms with Crippen LogP contribution in [0.3, 0.4) is 0 Å². The van der Waals surface area contributed by atoms with Gasteiger partial charge < -0.3 is 15.5 Å². The molecule has 3 aromatic rings. The highest BCUT2D eigenvalue weighted by Gasteiger charge is 2.37. The van der Waals surface area contributed by atoms with Gasteiger partial charge in [-0.25, -0.2) is 4.98 Å². The third kappa shape index (κ3) is 3.53. The molecule has 1 atom stereocenters. The number of anilines is 3. The van der Waals surface area contributed by atoms with Crippen molar-refractivity contribution in [1.29, 1.82) is 0 Å². The van der Waals surface area contributed by atoms with Gasteiger partial charge in [-0.05, 0) is 36.4 Å². The van der Waals surface area contributed by atoms with Crippen LogP contribution in [-0.4, -0.2) is 23.2 Å². The van der Waals surface area contributed by atoms with Crippen LogP contribution < -0.4 is 15.5 Å². The maximum atomic E-state index is 13.1. The van der Waals surface area contributed by atoms with Gasteiger partial charge in [-0.1, -0.05) is 18.2 Å². The summed E-state index contributed by atoms with van der Waals surface area (Å²) in [5.41, 5.74) is 3.58. The summed E-state index contributed by atoms with van der Waals surface area (Å²) >= 11 is 2.99. The molecule has 8 heteroatoms. The minimum absolute atomic E-state index is 0.116. The van der Waals surface area contributed by atoms with Crippen molar-refractivity contribution in [2.45, 2.75) is 25.3 Å². The smallest absolute Gasteiger partial charge is 0.245 e. The molecule has 0 saturated carbocycles. The van der Waals surface area contributed by atoms with Crippen LogP contribution in [0, 0.1) is 0 Å². The number of nitrogens with one attached hydrogen (secondary N) is 2. The highest BCUT2D eigenvalue weighted by Crippen LogP contribution is 2.45. The number of para-hydroxylation sites is 2. The molecule has 0 fully saturated rings. The normalized spacial score (nSPS) is 18.3. The molecule has 3 heterocycles. The lowest BCUT2D eigenvalue weighted by atomic mass is 9.88. The number of hydrogen-bond acceptors (Lipinski definition) is 7. The number of amides is 1. The first-order valence-corrected chi connectivity index (χ1v) is 11.6. The minimum atomic E-state index is -0.300. The number of thiazole rings is 1. The standard InChI is InChI=1S/C22H20N4O2S2/c27-17-8-3-6-15-20(17)21(18-9-4-11-29-18)26(16-7-2-1-5-14(16)24-15)13-19(28)25-22-23-10-12-30-22/h1-2,4-5,7,9-12,21,24H,3,6,8,13H2,(H,23,25,28)/t21-/m0/s1. The monoisotopic (exact) mass is 436 g/mol. The fourth-order valence-electron chi connectivity index (χ4n) is 4.12. The number of thiophene rings is 1. The van der Waals surface area contributed by atoms with Crippen LogP contribution in [-0.2, 0) is 9.59 Å². The second-order valence-corrected chi connectivity index (χ2v) is 9.12. The summed E-state index contributed by atoms with van der Waals surface area (Å²) in [7, 11) is 0. The van der Waals surface area contributed by atoms with Gasteiger partial charge in [0.25, 0.3) is 0 Å². The van der Waals surface area contributed by atoms with Crippen LogP contribution in [0.25, 0.3) is 0 Å². The summed E-state index contributed by atoms with van der Waals surface area (Å²) in [5.74, 6) is -0.00564. The number of rotatable bonds is 4. The Bertz CT molecular complexity index is 1110. The summed E-state index contributed by atoms with van der Waals surface area (Å²) in [6.45, 7) is 0.116. The fourth-order valence-corrected chi connectivity index (χ4v) is 5.51. The Morgan fingerprint density at radius 3 is 2.87 bits per heavy atom. The van der Waals surface area contributed by atoms with E-state index in [9.17, 15) is 9.59 Å². The van der Waals surface area contributed by atoms with Gasteiger partial charge in [0, 0.05) is 34.1 Å². The summed E-state index contributed by atoms with van der Waals surface area (Å²) in [6.07, 6.45) is 3.88. The van der Waals surface area contributed by atoms with Crippen molar-refractivity contribution in [3.63, 3.8) is 0 Å². The zero-order chi connectivity index (χ0) is 20.5. The maximum absolute atomic E-state index is 13.1. The highest BCUT2D eigenvalue weighted by atomic mass is 32.1. The van der Waals surface area contributed by atoms with Gasteiger partial charge in [-0.15, -0.1) is 22.7 Å². The summed E-state index contributed by atoms with van der Waals surface area (Å²) < 4.78 is 0. The predicted octanol–water partition coefficient (Wildman–Crippen LogP) is 4.82. The molecular weight excluding hydrogens is 416 g/mol. The lowest BCUT2D eigenvalue weighted by molar-refractivity contribution is -0.117. The zero-order valence-electron chi connectivity index (χ0n) is 16.1. The number of allylic oxidation sites excluding steroid dienone is 1. The Morgan fingerprint density at radius 2 is 2.07 bits per heavy atom. The SMILES string of the molecule is O=C(CN1c2ccccc2NC2=C(C(=O)CCC2)[C@@H]1c1cccs1)Nc1nccs1. The molecule has 30 heavy (non-hydrogen) atoms. The van der Waals surface area contributed by atoms with Crippen molar-refractivity contribution in [3.05, 3.63) is 69.5 Å². The number of hydrogen-bond donors (Lipinski definition) is 2. The van der Waals surface area contributed by atoms with Crippen molar-refractivity contribution >= 4 is 50.9 Å². The fraction of sp³-hybridized carbons (Fsp3) is 0.227. The number of Topliss-reactive ketones (excluding diaryl/α,β-unsaturated/α-hetero) is 1. The highest BCUT2D eigenvalue weighted by molar-refractivity contribution is 7.13. The van der Waals surface area contributed by atoms with Crippen molar-refractivity contribution in [1.82, 2.24) is 4.98 Å². The Hall–Kier alpha value is -2.97. The first-order valence-electron chi connectivity index (χ1n) is 9.82. The molecule has 1 aliphatic heterocycles. The molecule has 1 aliphatic carbocycles. The molecule has 1 aromatic carbocycles. The minimum Gasteiger partial charge on any atom is -0.357 e. The summed E-state index contributed by atoms with van der Waals surface area (Å²) in [4.78, 5) is 33.3. The first kappa shape index (κ1) is 19.0. The summed E-state index contributed by atoms with van der Waals surface area (Å²) in [6, 6.07) is 11.7. The number of ketones is 1. The molecular formula is C22H20N4O2S2. The number of carbonyl (C=O) groups is 2. The van der Waals surface area contributed by atoms with Crippen LogP contribution in [0.4, 0.5) is 16.5 Å². The van der Waals surface area contributed by atoms with E-state index in [-0.39, 0.29) is 24.3 Å².